The van der Waals surface area contributed by atoms with Gasteiger partial charge in [-0.15, -0.1) is 0 Å². The van der Waals surface area contributed by atoms with Crippen molar-refractivity contribution in [2.75, 3.05) is 5.32 Å². The molecular formula is C12H12BrN3OS. The Morgan fingerprint density at radius 1 is 1.50 bits per heavy atom. The quantitative estimate of drug-likeness (QED) is 0.846. The Morgan fingerprint density at radius 3 is 2.83 bits per heavy atom. The van der Waals surface area contributed by atoms with Crippen LogP contribution in [0.1, 0.15) is 17.0 Å². The van der Waals surface area contributed by atoms with E-state index < -0.39 is 0 Å². The van der Waals surface area contributed by atoms with Crippen molar-refractivity contribution in [2.24, 2.45) is 5.73 Å². The average Bonchev–Trinajstić information content (AvgIpc) is 2.72. The van der Waals surface area contributed by atoms with Gasteiger partial charge >= 0.3 is 0 Å². The molecule has 6 heteroatoms. The third-order valence-electron chi connectivity index (χ3n) is 2.38. The highest BCUT2D eigenvalue weighted by Crippen LogP contribution is 2.22. The molecule has 3 N–H and O–H groups in total. The lowest BCUT2D eigenvalue weighted by Gasteiger charge is -2.07. The van der Waals surface area contributed by atoms with E-state index in [1.54, 1.807) is 0 Å². The maximum absolute atomic E-state index is 5.59. The van der Waals surface area contributed by atoms with E-state index in [4.69, 9.17) is 22.5 Å². The molecule has 0 fully saturated rings. The van der Waals surface area contributed by atoms with Crippen LogP contribution in [0.3, 0.4) is 0 Å². The van der Waals surface area contributed by atoms with Crippen LogP contribution in [-0.2, 0) is 6.54 Å². The van der Waals surface area contributed by atoms with Gasteiger partial charge in [0.25, 0.3) is 0 Å². The zero-order valence-corrected chi connectivity index (χ0v) is 12.1. The monoisotopic (exact) mass is 325 g/mol. The molecule has 0 saturated carbocycles. The average molecular weight is 326 g/mol. The summed E-state index contributed by atoms with van der Waals surface area (Å²) < 4.78 is 5.87. The van der Waals surface area contributed by atoms with Gasteiger partial charge in [-0.05, 0) is 41.1 Å². The summed E-state index contributed by atoms with van der Waals surface area (Å²) in [6, 6.07) is 7.63. The summed E-state index contributed by atoms with van der Waals surface area (Å²) in [5.41, 5.74) is 8.24. The van der Waals surface area contributed by atoms with E-state index in [1.165, 1.54) is 0 Å². The molecule has 1 aromatic heterocycles. The highest BCUT2D eigenvalue weighted by molar-refractivity contribution is 9.10. The highest BCUT2D eigenvalue weighted by Gasteiger charge is 2.05. The molecule has 4 nitrogen and oxygen atoms in total. The number of nitrogens with zero attached hydrogens (tertiary/aromatic N) is 1. The van der Waals surface area contributed by atoms with E-state index in [0.717, 1.165) is 27.2 Å². The molecule has 0 aliphatic heterocycles. The van der Waals surface area contributed by atoms with Gasteiger partial charge < -0.3 is 15.6 Å². The van der Waals surface area contributed by atoms with Gasteiger partial charge in [0.2, 0.25) is 0 Å². The first-order chi connectivity index (χ1) is 8.56. The van der Waals surface area contributed by atoms with Gasteiger partial charge in [0.1, 0.15) is 16.4 Å². The second kappa shape index (κ2) is 5.49. The van der Waals surface area contributed by atoms with Crippen molar-refractivity contribution in [2.45, 2.75) is 13.5 Å². The van der Waals surface area contributed by atoms with Gasteiger partial charge in [0.05, 0.1) is 6.54 Å². The zero-order chi connectivity index (χ0) is 13.1. The first-order valence-electron chi connectivity index (χ1n) is 5.31. The molecular weight excluding hydrogens is 314 g/mol. The number of thiocarbonyl (C=S) groups is 1. The third-order valence-corrected chi connectivity index (χ3v) is 3.26. The van der Waals surface area contributed by atoms with Crippen LogP contribution in [0.4, 0.5) is 5.69 Å². The number of aryl methyl sites for hydroxylation is 1. The molecule has 0 amide bonds. The molecule has 2 aromatic rings. The van der Waals surface area contributed by atoms with E-state index in [2.05, 4.69) is 26.4 Å². The Hall–Kier alpha value is -1.40. The first-order valence-corrected chi connectivity index (χ1v) is 6.52. The van der Waals surface area contributed by atoms with Crippen molar-refractivity contribution in [3.8, 4) is 0 Å². The second-order valence-corrected chi connectivity index (χ2v) is 5.14. The lowest BCUT2D eigenvalue weighted by atomic mass is 10.2. The summed E-state index contributed by atoms with van der Waals surface area (Å²) in [5, 5.41) is 7.15. The fourth-order valence-corrected chi connectivity index (χ4v) is 2.42. The van der Waals surface area contributed by atoms with E-state index in [0.29, 0.717) is 11.5 Å². The summed E-state index contributed by atoms with van der Waals surface area (Å²) in [7, 11) is 0. The fraction of sp³-hybridized carbons (Fsp3) is 0.167. The first kappa shape index (κ1) is 13.0. The smallest absolute Gasteiger partial charge is 0.133 e. The topological polar surface area (TPSA) is 64.1 Å². The van der Waals surface area contributed by atoms with Crippen molar-refractivity contribution < 1.29 is 4.52 Å². The molecule has 0 atom stereocenters. The molecule has 18 heavy (non-hydrogen) atoms. The number of nitrogens with two attached hydrogens (primary N) is 1. The Kier molecular flexibility index (Phi) is 3.98. The largest absolute Gasteiger partial charge is 0.389 e. The number of rotatable bonds is 4. The minimum atomic E-state index is 0.376. The van der Waals surface area contributed by atoms with E-state index in [1.807, 2.05) is 31.2 Å². The lowest BCUT2D eigenvalue weighted by molar-refractivity contribution is 0.391. The Labute approximate surface area is 119 Å². The molecule has 0 radical (unpaired) electrons. The van der Waals surface area contributed by atoms with Crippen LogP contribution < -0.4 is 11.1 Å². The number of anilines is 1. The summed E-state index contributed by atoms with van der Waals surface area (Å²) in [6.45, 7) is 2.47. The van der Waals surface area contributed by atoms with Crippen LogP contribution in [0.15, 0.2) is 33.3 Å². The minimum absolute atomic E-state index is 0.376. The van der Waals surface area contributed by atoms with Gasteiger partial charge in [-0.3, -0.25) is 0 Å². The molecule has 0 saturated heterocycles. The minimum Gasteiger partial charge on any atom is -0.389 e. The number of nitrogens with one attached hydrogen (secondary N) is 1. The fourth-order valence-electron chi connectivity index (χ4n) is 1.52. The van der Waals surface area contributed by atoms with Crippen LogP contribution in [0.2, 0.25) is 0 Å². The number of hydrogen-bond acceptors (Lipinski definition) is 4. The highest BCUT2D eigenvalue weighted by atomic mass is 79.9. The SMILES string of the molecule is Cc1cc(CNc2ccc(C(N)=S)c(Br)c2)no1. The number of hydrogen-bond donors (Lipinski definition) is 2. The van der Waals surface area contributed by atoms with Crippen molar-refractivity contribution in [3.05, 3.63) is 45.8 Å². The van der Waals surface area contributed by atoms with Gasteiger partial charge in [-0.25, -0.2) is 0 Å². The second-order valence-electron chi connectivity index (χ2n) is 3.84. The Morgan fingerprint density at radius 2 is 2.28 bits per heavy atom. The molecule has 94 valence electrons. The number of halogens is 1. The van der Waals surface area contributed by atoms with Gasteiger partial charge in [0.15, 0.2) is 0 Å². The predicted molar refractivity (Wildman–Crippen MR) is 78.6 cm³/mol. The van der Waals surface area contributed by atoms with Crippen molar-refractivity contribution >= 4 is 38.8 Å². The van der Waals surface area contributed by atoms with Crippen LogP contribution in [0.5, 0.6) is 0 Å². The van der Waals surface area contributed by atoms with E-state index in [9.17, 15) is 0 Å². The number of benzene rings is 1. The number of aromatic nitrogens is 1. The summed E-state index contributed by atoms with van der Waals surface area (Å²) in [5.74, 6) is 0.803. The third kappa shape index (κ3) is 3.08. The van der Waals surface area contributed by atoms with Crippen molar-refractivity contribution in [1.29, 1.82) is 0 Å². The maximum atomic E-state index is 5.59. The molecule has 0 spiro atoms. The van der Waals surface area contributed by atoms with Crippen LogP contribution in [0.25, 0.3) is 0 Å². The Balaban J connectivity index is 2.06. The predicted octanol–water partition coefficient (Wildman–Crippen LogP) is 2.99. The maximum Gasteiger partial charge on any atom is 0.133 e. The van der Waals surface area contributed by atoms with Crippen molar-refractivity contribution in [1.82, 2.24) is 5.16 Å². The van der Waals surface area contributed by atoms with Crippen LogP contribution in [0, 0.1) is 6.92 Å². The van der Waals surface area contributed by atoms with Gasteiger partial charge in [-0.2, -0.15) is 0 Å². The molecule has 0 aliphatic rings. The molecule has 2 rings (SSSR count). The molecule has 1 heterocycles. The van der Waals surface area contributed by atoms with E-state index in [-0.39, 0.29) is 0 Å². The molecule has 0 aliphatic carbocycles. The van der Waals surface area contributed by atoms with Gasteiger partial charge in [-0.1, -0.05) is 17.4 Å². The van der Waals surface area contributed by atoms with Crippen LogP contribution >= 0.6 is 28.1 Å². The molecule has 0 unspecified atom stereocenters. The van der Waals surface area contributed by atoms with Crippen LogP contribution in [-0.4, -0.2) is 10.1 Å². The molecule has 0 bridgehead atoms. The summed E-state index contributed by atoms with van der Waals surface area (Å²) in [6.07, 6.45) is 0. The van der Waals surface area contributed by atoms with E-state index >= 15 is 0 Å². The zero-order valence-electron chi connectivity index (χ0n) is 9.74. The van der Waals surface area contributed by atoms with Crippen molar-refractivity contribution in [3.63, 3.8) is 0 Å². The Bertz CT molecular complexity index is 582. The lowest BCUT2D eigenvalue weighted by Crippen LogP contribution is -2.10. The summed E-state index contributed by atoms with van der Waals surface area (Å²) in [4.78, 5) is 0.376. The standard InChI is InChI=1S/C12H12BrN3OS/c1-7-4-9(16-17-7)6-15-8-2-3-10(12(14)18)11(13)5-8/h2-5,15H,6H2,1H3,(H2,14,18). The normalized spacial score (nSPS) is 10.3. The van der Waals surface area contributed by atoms with Gasteiger partial charge in [0, 0.05) is 21.8 Å². The summed E-state index contributed by atoms with van der Waals surface area (Å²) >= 11 is 8.38. The molecule has 1 aromatic carbocycles.